The van der Waals surface area contributed by atoms with Gasteiger partial charge in [-0.2, -0.15) is 0 Å². The summed E-state index contributed by atoms with van der Waals surface area (Å²) >= 11 is 0. The molecule has 2 fully saturated rings. The van der Waals surface area contributed by atoms with Crippen molar-refractivity contribution < 1.29 is 13.6 Å². The topological polar surface area (TPSA) is 55.1 Å². The summed E-state index contributed by atoms with van der Waals surface area (Å²) in [6.07, 6.45) is 3.00. The number of anilines is 1. The first-order valence-electron chi connectivity index (χ1n) is 7.00. The van der Waals surface area contributed by atoms with Gasteiger partial charge in [0.05, 0.1) is 5.92 Å². The minimum absolute atomic E-state index is 0.190. The van der Waals surface area contributed by atoms with Crippen molar-refractivity contribution >= 4 is 11.6 Å². The second-order valence-corrected chi connectivity index (χ2v) is 5.98. The first kappa shape index (κ1) is 13.5. The standard InChI is InChI=1S/C15H18F2N2O/c1-7-2-5-10(16)14(12(7)17)19-15(20)11-8-3-4-9(6-8)13(11)18/h2,5,8-9,11,13H,3-4,6,18H2,1H3,(H,19,20). The van der Waals surface area contributed by atoms with Crippen LogP contribution in [-0.4, -0.2) is 11.9 Å². The van der Waals surface area contributed by atoms with Crippen LogP contribution >= 0.6 is 0 Å². The number of nitrogens with two attached hydrogens (primary N) is 1. The first-order valence-corrected chi connectivity index (χ1v) is 7.00. The molecule has 2 aliphatic rings. The normalized spacial score (nSPS) is 31.6. The van der Waals surface area contributed by atoms with Crippen LogP contribution in [0.25, 0.3) is 0 Å². The third-order valence-corrected chi connectivity index (χ3v) is 4.82. The Morgan fingerprint density at radius 1 is 1.30 bits per heavy atom. The highest BCUT2D eigenvalue weighted by Gasteiger charge is 2.49. The van der Waals surface area contributed by atoms with Crippen LogP contribution in [-0.2, 0) is 4.79 Å². The number of hydrogen-bond acceptors (Lipinski definition) is 2. The molecule has 1 aromatic rings. The number of hydrogen-bond donors (Lipinski definition) is 2. The first-order chi connectivity index (χ1) is 9.49. The number of fused-ring (bicyclic) bond motifs is 2. The predicted molar refractivity (Wildman–Crippen MR) is 72.0 cm³/mol. The van der Waals surface area contributed by atoms with Crippen LogP contribution in [0.5, 0.6) is 0 Å². The van der Waals surface area contributed by atoms with Crippen LogP contribution in [0.2, 0.25) is 0 Å². The Morgan fingerprint density at radius 2 is 2.00 bits per heavy atom. The minimum atomic E-state index is -0.752. The van der Waals surface area contributed by atoms with Crippen LogP contribution in [0.15, 0.2) is 12.1 Å². The van der Waals surface area contributed by atoms with Gasteiger partial charge in [-0.25, -0.2) is 8.78 Å². The summed E-state index contributed by atoms with van der Waals surface area (Å²) in [5, 5.41) is 2.41. The van der Waals surface area contributed by atoms with E-state index in [-0.39, 0.29) is 29.5 Å². The molecule has 1 amide bonds. The van der Waals surface area contributed by atoms with Gasteiger partial charge in [-0.05, 0) is 49.7 Å². The fourth-order valence-corrected chi connectivity index (χ4v) is 3.70. The molecular weight excluding hydrogens is 262 g/mol. The zero-order valence-electron chi connectivity index (χ0n) is 11.3. The third-order valence-electron chi connectivity index (χ3n) is 4.82. The van der Waals surface area contributed by atoms with E-state index >= 15 is 0 Å². The molecule has 3 N–H and O–H groups in total. The molecule has 4 unspecified atom stereocenters. The van der Waals surface area contributed by atoms with Gasteiger partial charge < -0.3 is 11.1 Å². The molecule has 2 saturated carbocycles. The molecule has 0 aliphatic heterocycles. The average molecular weight is 280 g/mol. The van der Waals surface area contributed by atoms with E-state index in [4.69, 9.17) is 5.73 Å². The summed E-state index contributed by atoms with van der Waals surface area (Å²) < 4.78 is 27.6. The van der Waals surface area contributed by atoms with Gasteiger partial charge in [0.15, 0.2) is 5.82 Å². The van der Waals surface area contributed by atoms with E-state index in [1.807, 2.05) is 0 Å². The number of carbonyl (C=O) groups excluding carboxylic acids is 1. The van der Waals surface area contributed by atoms with Gasteiger partial charge >= 0.3 is 0 Å². The fraction of sp³-hybridized carbons (Fsp3) is 0.533. The minimum Gasteiger partial charge on any atom is -0.327 e. The Hall–Kier alpha value is -1.49. The van der Waals surface area contributed by atoms with Crippen molar-refractivity contribution in [2.75, 3.05) is 5.32 Å². The SMILES string of the molecule is Cc1ccc(F)c(NC(=O)C2C3CCC(C3)C2N)c1F. The maximum atomic E-state index is 13.9. The molecular formula is C15H18F2N2O. The maximum Gasteiger partial charge on any atom is 0.229 e. The van der Waals surface area contributed by atoms with Crippen molar-refractivity contribution in [3.05, 3.63) is 29.3 Å². The maximum absolute atomic E-state index is 13.9. The molecule has 0 heterocycles. The molecule has 2 aliphatic carbocycles. The number of aryl methyl sites for hydroxylation is 1. The van der Waals surface area contributed by atoms with E-state index in [0.29, 0.717) is 11.5 Å². The average Bonchev–Trinajstić information content (AvgIpc) is 2.99. The zero-order chi connectivity index (χ0) is 14.4. The Labute approximate surface area is 116 Å². The van der Waals surface area contributed by atoms with E-state index in [2.05, 4.69) is 5.32 Å². The zero-order valence-corrected chi connectivity index (χ0v) is 11.3. The van der Waals surface area contributed by atoms with Crippen molar-refractivity contribution in [2.45, 2.75) is 32.2 Å². The lowest BCUT2D eigenvalue weighted by atomic mass is 9.84. The third kappa shape index (κ3) is 2.00. The van der Waals surface area contributed by atoms with Gasteiger partial charge in [0.1, 0.15) is 11.5 Å². The van der Waals surface area contributed by atoms with Crippen LogP contribution in [0, 0.1) is 36.3 Å². The summed E-state index contributed by atoms with van der Waals surface area (Å²) in [6.45, 7) is 1.54. The van der Waals surface area contributed by atoms with Crippen molar-refractivity contribution in [2.24, 2.45) is 23.5 Å². The van der Waals surface area contributed by atoms with Crippen LogP contribution < -0.4 is 11.1 Å². The van der Waals surface area contributed by atoms with E-state index in [9.17, 15) is 13.6 Å². The number of halogens is 2. The van der Waals surface area contributed by atoms with Gasteiger partial charge in [0.25, 0.3) is 0 Å². The van der Waals surface area contributed by atoms with Crippen molar-refractivity contribution in [3.8, 4) is 0 Å². The smallest absolute Gasteiger partial charge is 0.229 e. The second kappa shape index (κ2) is 4.81. The molecule has 2 bridgehead atoms. The number of nitrogens with one attached hydrogen (secondary N) is 1. The van der Waals surface area contributed by atoms with Crippen LogP contribution in [0.1, 0.15) is 24.8 Å². The molecule has 20 heavy (non-hydrogen) atoms. The molecule has 1 aromatic carbocycles. The van der Waals surface area contributed by atoms with Crippen LogP contribution in [0.4, 0.5) is 14.5 Å². The molecule has 0 saturated heterocycles. The lowest BCUT2D eigenvalue weighted by Gasteiger charge is -2.27. The van der Waals surface area contributed by atoms with E-state index in [1.54, 1.807) is 0 Å². The van der Waals surface area contributed by atoms with Crippen LogP contribution in [0.3, 0.4) is 0 Å². The quantitative estimate of drug-likeness (QED) is 0.875. The summed E-state index contributed by atoms with van der Waals surface area (Å²) in [6, 6.07) is 2.32. The Kier molecular flexibility index (Phi) is 3.24. The lowest BCUT2D eigenvalue weighted by molar-refractivity contribution is -0.121. The molecule has 108 valence electrons. The van der Waals surface area contributed by atoms with E-state index < -0.39 is 11.6 Å². The second-order valence-electron chi connectivity index (χ2n) is 5.98. The summed E-state index contributed by atoms with van der Waals surface area (Å²) in [4.78, 5) is 12.3. The Balaban J connectivity index is 1.82. The molecule has 4 atom stereocenters. The number of rotatable bonds is 2. The number of benzene rings is 1. The molecule has 0 aromatic heterocycles. The Bertz CT molecular complexity index is 559. The predicted octanol–water partition coefficient (Wildman–Crippen LogP) is 2.59. The van der Waals surface area contributed by atoms with Gasteiger partial charge in [-0.1, -0.05) is 6.07 Å². The Morgan fingerprint density at radius 3 is 2.65 bits per heavy atom. The van der Waals surface area contributed by atoms with Gasteiger partial charge in [0, 0.05) is 6.04 Å². The van der Waals surface area contributed by atoms with Gasteiger partial charge in [0.2, 0.25) is 5.91 Å². The van der Waals surface area contributed by atoms with Crippen molar-refractivity contribution in [1.82, 2.24) is 0 Å². The molecule has 0 spiro atoms. The fourth-order valence-electron chi connectivity index (χ4n) is 3.70. The summed E-state index contributed by atoms with van der Waals surface area (Å²) in [5.74, 6) is -1.51. The molecule has 3 nitrogen and oxygen atoms in total. The highest BCUT2D eigenvalue weighted by atomic mass is 19.1. The number of amides is 1. The molecule has 3 rings (SSSR count). The summed E-state index contributed by atoms with van der Waals surface area (Å²) in [5.41, 5.74) is 6.02. The van der Waals surface area contributed by atoms with Gasteiger partial charge in [-0.15, -0.1) is 0 Å². The molecule has 0 radical (unpaired) electrons. The van der Waals surface area contributed by atoms with Gasteiger partial charge in [-0.3, -0.25) is 4.79 Å². The van der Waals surface area contributed by atoms with Crippen molar-refractivity contribution in [3.63, 3.8) is 0 Å². The monoisotopic (exact) mass is 280 g/mol. The largest absolute Gasteiger partial charge is 0.327 e. The highest BCUT2D eigenvalue weighted by molar-refractivity contribution is 5.94. The van der Waals surface area contributed by atoms with E-state index in [1.165, 1.54) is 13.0 Å². The number of carbonyl (C=O) groups is 1. The molecule has 5 heteroatoms. The lowest BCUT2D eigenvalue weighted by Crippen LogP contribution is -2.42. The van der Waals surface area contributed by atoms with Crippen molar-refractivity contribution in [1.29, 1.82) is 0 Å². The van der Waals surface area contributed by atoms with E-state index in [0.717, 1.165) is 25.3 Å². The summed E-state index contributed by atoms with van der Waals surface area (Å²) in [7, 11) is 0. The highest BCUT2D eigenvalue weighted by Crippen LogP contribution is 2.48.